The minimum absolute atomic E-state index is 0.0337. The van der Waals surface area contributed by atoms with Crippen molar-refractivity contribution >= 4 is 0 Å². The molecule has 0 amide bonds. The maximum absolute atomic E-state index is 10.7. The first-order chi connectivity index (χ1) is 9.27. The summed E-state index contributed by atoms with van der Waals surface area (Å²) in [5.74, 6) is 0.116. The lowest BCUT2D eigenvalue weighted by Gasteiger charge is -2.26. The summed E-state index contributed by atoms with van der Waals surface area (Å²) in [7, 11) is 0. The number of hydrogen-bond donors (Lipinski definition) is 2. The average Bonchev–Trinajstić information content (AvgIpc) is 2.90. The molecule has 2 aromatic rings. The molecule has 2 heteroatoms. The Balaban J connectivity index is 1.84. The Bertz CT molecular complexity index is 552. The van der Waals surface area contributed by atoms with Crippen LogP contribution in [0.15, 0.2) is 54.6 Å². The normalized spacial score (nSPS) is 20.8. The van der Waals surface area contributed by atoms with Gasteiger partial charge in [0, 0.05) is 12.5 Å². The molecule has 0 aliphatic carbocycles. The van der Waals surface area contributed by atoms with E-state index in [1.807, 2.05) is 24.3 Å². The zero-order valence-electron chi connectivity index (χ0n) is 11.1. The highest BCUT2D eigenvalue weighted by atomic mass is 16.3. The number of fused-ring (bicyclic) bond motifs is 1. The Morgan fingerprint density at radius 2 is 1.74 bits per heavy atom. The molecule has 1 aliphatic rings. The van der Waals surface area contributed by atoms with Crippen molar-refractivity contribution in [3.05, 3.63) is 71.3 Å². The van der Waals surface area contributed by atoms with E-state index in [1.165, 1.54) is 16.7 Å². The van der Waals surface area contributed by atoms with Gasteiger partial charge in [0.05, 0.1) is 12.1 Å². The summed E-state index contributed by atoms with van der Waals surface area (Å²) in [4.78, 5) is 0. The Morgan fingerprint density at radius 1 is 1.05 bits per heavy atom. The zero-order chi connectivity index (χ0) is 13.2. The fraction of sp³-hybridized carbons (Fsp3) is 0.294. The summed E-state index contributed by atoms with van der Waals surface area (Å²) in [5.41, 5.74) is 3.71. The van der Waals surface area contributed by atoms with Crippen molar-refractivity contribution in [1.82, 2.24) is 5.32 Å². The molecule has 1 aliphatic heterocycles. The molecule has 98 valence electrons. The molecule has 3 rings (SSSR count). The third kappa shape index (κ3) is 2.29. The first-order valence-electron chi connectivity index (χ1n) is 6.81. The number of nitrogens with one attached hydrogen (secondary N) is 1. The monoisotopic (exact) mass is 253 g/mol. The zero-order valence-corrected chi connectivity index (χ0v) is 11.1. The standard InChI is InChI=1S/C17H19NO/c1-12(13-7-3-2-4-8-13)17(19)16-15-10-6-5-9-14(15)11-18-16/h2-10,12,16-19H,11H2,1H3. The van der Waals surface area contributed by atoms with Crippen molar-refractivity contribution in [2.24, 2.45) is 0 Å². The van der Waals surface area contributed by atoms with Gasteiger partial charge in [-0.25, -0.2) is 0 Å². The lowest BCUT2D eigenvalue weighted by Crippen LogP contribution is -2.30. The Labute approximate surface area is 114 Å². The summed E-state index contributed by atoms with van der Waals surface area (Å²) in [5, 5.41) is 14.1. The van der Waals surface area contributed by atoms with Crippen LogP contribution in [0.5, 0.6) is 0 Å². The van der Waals surface area contributed by atoms with Gasteiger partial charge in [-0.1, -0.05) is 61.5 Å². The third-order valence-corrected chi connectivity index (χ3v) is 4.08. The summed E-state index contributed by atoms with van der Waals surface area (Å²) in [6.45, 7) is 2.93. The van der Waals surface area contributed by atoms with Crippen molar-refractivity contribution in [2.75, 3.05) is 0 Å². The van der Waals surface area contributed by atoms with E-state index in [0.29, 0.717) is 0 Å². The topological polar surface area (TPSA) is 32.3 Å². The number of hydrogen-bond acceptors (Lipinski definition) is 2. The molecule has 3 unspecified atom stereocenters. The van der Waals surface area contributed by atoms with Gasteiger partial charge in [0.1, 0.15) is 0 Å². The van der Waals surface area contributed by atoms with E-state index in [0.717, 1.165) is 6.54 Å². The van der Waals surface area contributed by atoms with E-state index in [9.17, 15) is 5.11 Å². The summed E-state index contributed by atoms with van der Waals surface area (Å²) in [6, 6.07) is 18.6. The highest BCUT2D eigenvalue weighted by Crippen LogP contribution is 2.33. The fourth-order valence-electron chi connectivity index (χ4n) is 2.88. The molecule has 2 nitrogen and oxygen atoms in total. The van der Waals surface area contributed by atoms with Crippen LogP contribution in [0.4, 0.5) is 0 Å². The van der Waals surface area contributed by atoms with Crippen LogP contribution in [0.3, 0.4) is 0 Å². The highest BCUT2D eigenvalue weighted by Gasteiger charge is 2.31. The van der Waals surface area contributed by atoms with Crippen LogP contribution in [-0.2, 0) is 6.54 Å². The Kier molecular flexibility index (Phi) is 3.36. The van der Waals surface area contributed by atoms with E-state index in [2.05, 4.69) is 42.6 Å². The first-order valence-corrected chi connectivity index (χ1v) is 6.81. The molecule has 0 aromatic heterocycles. The van der Waals surface area contributed by atoms with E-state index >= 15 is 0 Å². The molecule has 0 radical (unpaired) electrons. The van der Waals surface area contributed by atoms with E-state index in [4.69, 9.17) is 0 Å². The highest BCUT2D eigenvalue weighted by molar-refractivity contribution is 5.35. The van der Waals surface area contributed by atoms with Crippen LogP contribution < -0.4 is 5.32 Å². The smallest absolute Gasteiger partial charge is 0.0800 e. The van der Waals surface area contributed by atoms with Gasteiger partial charge < -0.3 is 10.4 Å². The van der Waals surface area contributed by atoms with Gasteiger partial charge in [0.25, 0.3) is 0 Å². The number of benzene rings is 2. The Morgan fingerprint density at radius 3 is 2.53 bits per heavy atom. The fourth-order valence-corrected chi connectivity index (χ4v) is 2.88. The molecule has 0 bridgehead atoms. The molecule has 0 spiro atoms. The molecule has 19 heavy (non-hydrogen) atoms. The SMILES string of the molecule is CC(c1ccccc1)C(O)C1NCc2ccccc21. The molecule has 0 saturated heterocycles. The van der Waals surface area contributed by atoms with Crippen molar-refractivity contribution in [1.29, 1.82) is 0 Å². The van der Waals surface area contributed by atoms with Crippen LogP contribution in [0.1, 0.15) is 35.6 Å². The minimum Gasteiger partial charge on any atom is -0.391 e. The third-order valence-electron chi connectivity index (χ3n) is 4.08. The van der Waals surface area contributed by atoms with Gasteiger partial charge in [0.2, 0.25) is 0 Å². The van der Waals surface area contributed by atoms with Gasteiger partial charge in [0.15, 0.2) is 0 Å². The minimum atomic E-state index is -0.411. The van der Waals surface area contributed by atoms with Gasteiger partial charge >= 0.3 is 0 Å². The lowest BCUT2D eigenvalue weighted by molar-refractivity contribution is 0.109. The molecular weight excluding hydrogens is 234 g/mol. The molecule has 0 fully saturated rings. The van der Waals surface area contributed by atoms with Crippen LogP contribution >= 0.6 is 0 Å². The average molecular weight is 253 g/mol. The molecule has 3 atom stereocenters. The quantitative estimate of drug-likeness (QED) is 0.881. The maximum atomic E-state index is 10.7. The van der Waals surface area contributed by atoms with Gasteiger partial charge in [-0.2, -0.15) is 0 Å². The largest absolute Gasteiger partial charge is 0.391 e. The van der Waals surface area contributed by atoms with Crippen molar-refractivity contribution in [3.8, 4) is 0 Å². The van der Waals surface area contributed by atoms with Gasteiger partial charge in [-0.15, -0.1) is 0 Å². The summed E-state index contributed by atoms with van der Waals surface area (Å²) < 4.78 is 0. The summed E-state index contributed by atoms with van der Waals surface area (Å²) in [6.07, 6.45) is -0.411. The second kappa shape index (κ2) is 5.16. The van der Waals surface area contributed by atoms with E-state index < -0.39 is 6.10 Å². The number of aliphatic hydroxyl groups excluding tert-OH is 1. The molecular formula is C17H19NO. The second-order valence-electron chi connectivity index (χ2n) is 5.25. The van der Waals surface area contributed by atoms with Crippen LogP contribution in [0.2, 0.25) is 0 Å². The summed E-state index contributed by atoms with van der Waals surface area (Å²) >= 11 is 0. The van der Waals surface area contributed by atoms with Gasteiger partial charge in [-0.3, -0.25) is 0 Å². The van der Waals surface area contributed by atoms with Crippen molar-refractivity contribution in [3.63, 3.8) is 0 Å². The van der Waals surface area contributed by atoms with Crippen LogP contribution in [0.25, 0.3) is 0 Å². The lowest BCUT2D eigenvalue weighted by atomic mass is 9.88. The first kappa shape index (κ1) is 12.4. The second-order valence-corrected chi connectivity index (χ2v) is 5.25. The van der Waals surface area contributed by atoms with Gasteiger partial charge in [-0.05, 0) is 16.7 Å². The molecule has 2 N–H and O–H groups in total. The Hall–Kier alpha value is -1.64. The van der Waals surface area contributed by atoms with Crippen LogP contribution in [-0.4, -0.2) is 11.2 Å². The maximum Gasteiger partial charge on any atom is 0.0800 e. The molecule has 1 heterocycles. The van der Waals surface area contributed by atoms with E-state index in [1.54, 1.807) is 0 Å². The van der Waals surface area contributed by atoms with Crippen molar-refractivity contribution < 1.29 is 5.11 Å². The predicted octanol–water partition coefficient (Wildman–Crippen LogP) is 3.00. The van der Waals surface area contributed by atoms with Crippen molar-refractivity contribution in [2.45, 2.75) is 31.5 Å². The molecule has 2 aromatic carbocycles. The molecule has 0 saturated carbocycles. The number of aliphatic hydroxyl groups is 1. The van der Waals surface area contributed by atoms with Crippen LogP contribution in [0, 0.1) is 0 Å². The number of rotatable bonds is 3. The van der Waals surface area contributed by atoms with E-state index in [-0.39, 0.29) is 12.0 Å². The predicted molar refractivity (Wildman–Crippen MR) is 76.9 cm³/mol.